The minimum Gasteiger partial charge on any atom is -0.491 e. The molecule has 0 aliphatic rings. The van der Waals surface area contributed by atoms with E-state index in [0.717, 1.165) is 16.7 Å². The highest BCUT2D eigenvalue weighted by Crippen LogP contribution is 2.19. The van der Waals surface area contributed by atoms with Crippen molar-refractivity contribution in [3.8, 4) is 5.75 Å². The van der Waals surface area contributed by atoms with Crippen LogP contribution in [0.1, 0.15) is 30.5 Å². The second-order valence-electron chi connectivity index (χ2n) is 6.21. The average molecular weight is 340 g/mol. The minimum atomic E-state index is -0.689. The summed E-state index contributed by atoms with van der Waals surface area (Å²) in [5.41, 5.74) is 3.61. The van der Waals surface area contributed by atoms with Gasteiger partial charge in [0.1, 0.15) is 5.75 Å². The first-order valence-electron chi connectivity index (χ1n) is 8.28. The van der Waals surface area contributed by atoms with E-state index in [-0.39, 0.29) is 12.6 Å². The van der Waals surface area contributed by atoms with E-state index >= 15 is 0 Å². The van der Waals surface area contributed by atoms with Crippen LogP contribution >= 0.6 is 0 Å². The highest BCUT2D eigenvalue weighted by molar-refractivity contribution is 6.39. The van der Waals surface area contributed by atoms with Crippen molar-refractivity contribution in [2.45, 2.75) is 40.3 Å². The fraction of sp³-hybridized carbons (Fsp3) is 0.300. The number of hydrogen-bond acceptors (Lipinski definition) is 3. The smallest absolute Gasteiger partial charge is 0.313 e. The molecule has 5 nitrogen and oxygen atoms in total. The largest absolute Gasteiger partial charge is 0.491 e. The number of benzene rings is 2. The monoisotopic (exact) mass is 340 g/mol. The average Bonchev–Trinajstić information content (AvgIpc) is 2.56. The van der Waals surface area contributed by atoms with E-state index in [2.05, 4.69) is 10.6 Å². The van der Waals surface area contributed by atoms with Crippen LogP contribution in [0.2, 0.25) is 0 Å². The minimum absolute atomic E-state index is 0.0323. The molecule has 0 radical (unpaired) electrons. The number of aryl methyl sites for hydroxylation is 2. The van der Waals surface area contributed by atoms with E-state index in [1.807, 2.05) is 64.1 Å². The molecule has 2 amide bonds. The van der Waals surface area contributed by atoms with Gasteiger partial charge in [0.2, 0.25) is 0 Å². The highest BCUT2D eigenvalue weighted by Gasteiger charge is 2.15. The topological polar surface area (TPSA) is 67.4 Å². The lowest BCUT2D eigenvalue weighted by molar-refractivity contribution is -0.136. The predicted octanol–water partition coefficient (Wildman–Crippen LogP) is 3.35. The van der Waals surface area contributed by atoms with Gasteiger partial charge in [-0.25, -0.2) is 0 Å². The van der Waals surface area contributed by atoms with Crippen molar-refractivity contribution < 1.29 is 14.3 Å². The van der Waals surface area contributed by atoms with E-state index in [9.17, 15) is 9.59 Å². The van der Waals surface area contributed by atoms with Crippen molar-refractivity contribution >= 4 is 17.5 Å². The van der Waals surface area contributed by atoms with Gasteiger partial charge in [-0.3, -0.25) is 9.59 Å². The summed E-state index contributed by atoms with van der Waals surface area (Å²) in [5.74, 6) is -0.671. The molecule has 0 fully saturated rings. The number of carbonyl (C=O) groups is 2. The number of anilines is 1. The van der Waals surface area contributed by atoms with Crippen LogP contribution in [0, 0.1) is 13.8 Å². The molecule has 0 aromatic heterocycles. The number of para-hydroxylation sites is 1. The summed E-state index contributed by atoms with van der Waals surface area (Å²) in [6.45, 7) is 8.04. The molecule has 0 bridgehead atoms. The van der Waals surface area contributed by atoms with E-state index in [1.54, 1.807) is 6.07 Å². The maximum absolute atomic E-state index is 12.0. The number of ether oxygens (including phenoxy) is 1. The first kappa shape index (κ1) is 18.5. The summed E-state index contributed by atoms with van der Waals surface area (Å²) in [4.78, 5) is 24.1. The molecule has 5 heteroatoms. The van der Waals surface area contributed by atoms with Gasteiger partial charge in [0.15, 0.2) is 0 Å². The Morgan fingerprint density at radius 1 is 1.00 bits per heavy atom. The summed E-state index contributed by atoms with van der Waals surface area (Å²) in [6, 6.07) is 13.0. The van der Waals surface area contributed by atoms with E-state index in [0.29, 0.717) is 11.4 Å². The van der Waals surface area contributed by atoms with Crippen LogP contribution in [-0.2, 0) is 16.1 Å². The Hall–Kier alpha value is -2.82. The molecule has 2 rings (SSSR count). The Balaban J connectivity index is 1.96. The number of nitrogens with one attached hydrogen (secondary N) is 2. The molecule has 2 aromatic carbocycles. The van der Waals surface area contributed by atoms with Crippen LogP contribution in [0.3, 0.4) is 0 Å². The van der Waals surface area contributed by atoms with Crippen molar-refractivity contribution in [1.82, 2.24) is 5.32 Å². The van der Waals surface area contributed by atoms with Gasteiger partial charge in [0.05, 0.1) is 6.10 Å². The van der Waals surface area contributed by atoms with Gasteiger partial charge in [0.25, 0.3) is 0 Å². The Morgan fingerprint density at radius 3 is 2.40 bits per heavy atom. The predicted molar refractivity (Wildman–Crippen MR) is 98.6 cm³/mol. The second kappa shape index (κ2) is 8.33. The molecule has 0 unspecified atom stereocenters. The summed E-state index contributed by atoms with van der Waals surface area (Å²) in [6.07, 6.45) is 0.0323. The van der Waals surface area contributed by atoms with Gasteiger partial charge in [0, 0.05) is 17.8 Å². The van der Waals surface area contributed by atoms with Gasteiger partial charge in [-0.1, -0.05) is 24.3 Å². The molecule has 0 saturated heterocycles. The number of carbonyl (C=O) groups excluding carboxylic acids is 2. The molecule has 0 aliphatic carbocycles. The van der Waals surface area contributed by atoms with Gasteiger partial charge in [-0.05, 0) is 57.0 Å². The zero-order valence-corrected chi connectivity index (χ0v) is 15.1. The van der Waals surface area contributed by atoms with Crippen LogP contribution in [0.15, 0.2) is 42.5 Å². The third-order valence-electron chi connectivity index (χ3n) is 3.75. The maximum Gasteiger partial charge on any atom is 0.313 e. The molecule has 0 spiro atoms. The third kappa shape index (κ3) is 5.35. The molecule has 0 aliphatic heterocycles. The number of rotatable bonds is 5. The Bertz CT molecular complexity index is 769. The first-order valence-corrected chi connectivity index (χ1v) is 8.28. The zero-order chi connectivity index (χ0) is 18.4. The lowest BCUT2D eigenvalue weighted by Gasteiger charge is -2.14. The molecule has 25 heavy (non-hydrogen) atoms. The quantitative estimate of drug-likeness (QED) is 0.820. The highest BCUT2D eigenvalue weighted by atomic mass is 16.5. The lowest BCUT2D eigenvalue weighted by atomic mass is 10.1. The Kier molecular flexibility index (Phi) is 6.17. The molecule has 0 saturated carbocycles. The van der Waals surface area contributed by atoms with Crippen LogP contribution in [0.25, 0.3) is 0 Å². The molecule has 2 aromatic rings. The molecule has 2 N–H and O–H groups in total. The first-order chi connectivity index (χ1) is 11.9. The number of hydrogen-bond donors (Lipinski definition) is 2. The SMILES string of the molecule is Cc1ccc(NC(=O)C(=O)NCc2ccccc2OC(C)C)cc1C. The molecular formula is C20H24N2O3. The fourth-order valence-electron chi connectivity index (χ4n) is 2.28. The normalized spacial score (nSPS) is 10.4. The summed E-state index contributed by atoms with van der Waals surface area (Å²) < 4.78 is 5.71. The van der Waals surface area contributed by atoms with Gasteiger partial charge < -0.3 is 15.4 Å². The van der Waals surface area contributed by atoms with Crippen LogP contribution in [-0.4, -0.2) is 17.9 Å². The maximum atomic E-state index is 12.0. The molecule has 0 heterocycles. The zero-order valence-electron chi connectivity index (χ0n) is 15.1. The Labute approximate surface area is 148 Å². The lowest BCUT2D eigenvalue weighted by Crippen LogP contribution is -2.35. The van der Waals surface area contributed by atoms with Crippen LogP contribution in [0.4, 0.5) is 5.69 Å². The van der Waals surface area contributed by atoms with Crippen molar-refractivity contribution in [1.29, 1.82) is 0 Å². The van der Waals surface area contributed by atoms with Gasteiger partial charge >= 0.3 is 11.8 Å². The van der Waals surface area contributed by atoms with E-state index in [1.165, 1.54) is 0 Å². The summed E-state index contributed by atoms with van der Waals surface area (Å²) in [5, 5.41) is 5.24. The molecule has 132 valence electrons. The molecule has 0 atom stereocenters. The third-order valence-corrected chi connectivity index (χ3v) is 3.75. The standard InChI is InChI=1S/C20H24N2O3/c1-13(2)25-18-8-6-5-7-16(18)12-21-19(23)20(24)22-17-10-9-14(3)15(4)11-17/h5-11,13H,12H2,1-4H3,(H,21,23)(H,22,24). The molecular weight excluding hydrogens is 316 g/mol. The Morgan fingerprint density at radius 2 is 1.72 bits per heavy atom. The second-order valence-corrected chi connectivity index (χ2v) is 6.21. The van der Waals surface area contributed by atoms with Crippen molar-refractivity contribution in [3.05, 3.63) is 59.2 Å². The summed E-state index contributed by atoms with van der Waals surface area (Å²) in [7, 11) is 0. The van der Waals surface area contributed by atoms with Gasteiger partial charge in [-0.15, -0.1) is 0 Å². The van der Waals surface area contributed by atoms with Crippen LogP contribution in [0.5, 0.6) is 5.75 Å². The van der Waals surface area contributed by atoms with Crippen molar-refractivity contribution in [2.24, 2.45) is 0 Å². The number of amides is 2. The van der Waals surface area contributed by atoms with E-state index < -0.39 is 11.8 Å². The van der Waals surface area contributed by atoms with E-state index in [4.69, 9.17) is 4.74 Å². The van der Waals surface area contributed by atoms with Crippen LogP contribution < -0.4 is 15.4 Å². The van der Waals surface area contributed by atoms with Crippen molar-refractivity contribution in [2.75, 3.05) is 5.32 Å². The van der Waals surface area contributed by atoms with Crippen molar-refractivity contribution in [3.63, 3.8) is 0 Å². The van der Waals surface area contributed by atoms with Gasteiger partial charge in [-0.2, -0.15) is 0 Å². The summed E-state index contributed by atoms with van der Waals surface area (Å²) >= 11 is 0. The fourth-order valence-corrected chi connectivity index (χ4v) is 2.28.